The summed E-state index contributed by atoms with van der Waals surface area (Å²) in [5.74, 6) is 0.0730. The van der Waals surface area contributed by atoms with E-state index in [1.54, 1.807) is 4.90 Å². The maximum atomic E-state index is 11.2. The van der Waals surface area contributed by atoms with Crippen molar-refractivity contribution in [2.75, 3.05) is 13.3 Å². The monoisotopic (exact) mass is 177 g/mol. The zero-order chi connectivity index (χ0) is 9.10. The van der Waals surface area contributed by atoms with Crippen molar-refractivity contribution in [2.45, 2.75) is 6.54 Å². The van der Waals surface area contributed by atoms with Crippen LogP contribution in [0.25, 0.3) is 0 Å². The Morgan fingerprint density at radius 3 is 2.69 bits per heavy atom. The Hall–Kier alpha value is -1.35. The van der Waals surface area contributed by atoms with Gasteiger partial charge < -0.3 is 9.64 Å². The normalized spacial score (nSPS) is 16.6. The average molecular weight is 177 g/mol. The zero-order valence-corrected chi connectivity index (χ0v) is 7.27. The Bertz CT molecular complexity index is 297. The van der Waals surface area contributed by atoms with Crippen LogP contribution in [0.3, 0.4) is 0 Å². The van der Waals surface area contributed by atoms with Crippen molar-refractivity contribution in [3.05, 3.63) is 35.9 Å². The average Bonchev–Trinajstić information content (AvgIpc) is 2.54. The molecule has 13 heavy (non-hydrogen) atoms. The highest BCUT2D eigenvalue weighted by molar-refractivity contribution is 5.78. The van der Waals surface area contributed by atoms with Gasteiger partial charge in [-0.05, 0) is 5.56 Å². The minimum atomic E-state index is 0.0730. The van der Waals surface area contributed by atoms with Crippen LogP contribution in [-0.2, 0) is 16.1 Å². The molecule has 1 amide bonds. The van der Waals surface area contributed by atoms with Crippen LogP contribution in [0.4, 0.5) is 0 Å². The quantitative estimate of drug-likeness (QED) is 0.674. The fourth-order valence-corrected chi connectivity index (χ4v) is 1.34. The second-order valence-electron chi connectivity index (χ2n) is 3.05. The maximum absolute atomic E-state index is 11.2. The van der Waals surface area contributed by atoms with Gasteiger partial charge in [0.2, 0.25) is 0 Å². The standard InChI is InChI=1S/C10H11NO2/c12-10-7-13-8-11(10)6-9-4-2-1-3-5-9/h1-5H,6-8H2. The molecule has 1 saturated heterocycles. The van der Waals surface area contributed by atoms with Crippen LogP contribution in [-0.4, -0.2) is 24.1 Å². The molecule has 0 aliphatic carbocycles. The number of ether oxygens (including phenoxy) is 1. The van der Waals surface area contributed by atoms with E-state index < -0.39 is 0 Å². The van der Waals surface area contributed by atoms with Crippen LogP contribution < -0.4 is 0 Å². The van der Waals surface area contributed by atoms with Crippen molar-refractivity contribution in [3.63, 3.8) is 0 Å². The van der Waals surface area contributed by atoms with Crippen LogP contribution >= 0.6 is 0 Å². The summed E-state index contributed by atoms with van der Waals surface area (Å²) in [6.07, 6.45) is 0. The molecule has 1 heterocycles. The Morgan fingerprint density at radius 1 is 1.31 bits per heavy atom. The van der Waals surface area contributed by atoms with Crippen molar-refractivity contribution in [2.24, 2.45) is 0 Å². The molecule has 1 fully saturated rings. The number of hydrogen-bond donors (Lipinski definition) is 0. The molecule has 1 aliphatic rings. The first-order valence-corrected chi connectivity index (χ1v) is 4.26. The third-order valence-corrected chi connectivity index (χ3v) is 2.04. The summed E-state index contributed by atoms with van der Waals surface area (Å²) in [5.41, 5.74) is 1.14. The first kappa shape index (κ1) is 8.26. The zero-order valence-electron chi connectivity index (χ0n) is 7.27. The molecule has 1 aromatic rings. The van der Waals surface area contributed by atoms with Gasteiger partial charge in [0.15, 0.2) is 0 Å². The highest BCUT2D eigenvalue weighted by atomic mass is 16.5. The molecular formula is C10H11NO2. The molecule has 1 aromatic carbocycles. The Kier molecular flexibility index (Phi) is 2.27. The maximum Gasteiger partial charge on any atom is 0.250 e. The van der Waals surface area contributed by atoms with E-state index in [0.29, 0.717) is 13.3 Å². The Morgan fingerprint density at radius 2 is 2.08 bits per heavy atom. The second kappa shape index (κ2) is 3.58. The third kappa shape index (κ3) is 1.87. The lowest BCUT2D eigenvalue weighted by atomic mass is 10.2. The van der Waals surface area contributed by atoms with E-state index in [1.165, 1.54) is 0 Å². The summed E-state index contributed by atoms with van der Waals surface area (Å²) < 4.78 is 5.02. The van der Waals surface area contributed by atoms with Crippen LogP contribution in [0.5, 0.6) is 0 Å². The number of amides is 1. The van der Waals surface area contributed by atoms with Crippen LogP contribution in [0.2, 0.25) is 0 Å². The molecule has 3 heteroatoms. The minimum Gasteiger partial charge on any atom is -0.351 e. The number of nitrogens with zero attached hydrogens (tertiary/aromatic N) is 1. The lowest BCUT2D eigenvalue weighted by Gasteiger charge is -2.12. The minimum absolute atomic E-state index is 0.0730. The molecule has 0 bridgehead atoms. The lowest BCUT2D eigenvalue weighted by molar-refractivity contribution is -0.127. The molecule has 0 saturated carbocycles. The van der Waals surface area contributed by atoms with E-state index in [1.807, 2.05) is 30.3 Å². The molecule has 0 spiro atoms. The predicted octanol–water partition coefficient (Wildman–Crippen LogP) is 1.00. The molecule has 0 N–H and O–H groups in total. The van der Waals surface area contributed by atoms with Gasteiger partial charge >= 0.3 is 0 Å². The summed E-state index contributed by atoms with van der Waals surface area (Å²) in [6.45, 7) is 1.31. The van der Waals surface area contributed by atoms with Crippen molar-refractivity contribution in [3.8, 4) is 0 Å². The topological polar surface area (TPSA) is 29.5 Å². The van der Waals surface area contributed by atoms with Crippen LogP contribution in [0.1, 0.15) is 5.56 Å². The van der Waals surface area contributed by atoms with Crippen molar-refractivity contribution in [1.29, 1.82) is 0 Å². The number of benzene rings is 1. The van der Waals surface area contributed by atoms with Gasteiger partial charge in [0.25, 0.3) is 5.91 Å². The highest BCUT2D eigenvalue weighted by Crippen LogP contribution is 2.08. The van der Waals surface area contributed by atoms with E-state index in [-0.39, 0.29) is 12.5 Å². The molecule has 0 aromatic heterocycles. The van der Waals surface area contributed by atoms with Gasteiger partial charge in [-0.15, -0.1) is 0 Å². The van der Waals surface area contributed by atoms with Gasteiger partial charge in [0.05, 0.1) is 0 Å². The van der Waals surface area contributed by atoms with Gasteiger partial charge in [0.1, 0.15) is 13.3 Å². The van der Waals surface area contributed by atoms with Crippen molar-refractivity contribution < 1.29 is 9.53 Å². The molecule has 1 aliphatic heterocycles. The van der Waals surface area contributed by atoms with E-state index in [9.17, 15) is 4.79 Å². The number of hydrogen-bond acceptors (Lipinski definition) is 2. The van der Waals surface area contributed by atoms with E-state index in [4.69, 9.17) is 4.74 Å². The summed E-state index contributed by atoms with van der Waals surface area (Å²) in [7, 11) is 0. The molecule has 0 unspecified atom stereocenters. The smallest absolute Gasteiger partial charge is 0.250 e. The van der Waals surface area contributed by atoms with Gasteiger partial charge in [-0.2, -0.15) is 0 Å². The van der Waals surface area contributed by atoms with Crippen molar-refractivity contribution in [1.82, 2.24) is 4.90 Å². The van der Waals surface area contributed by atoms with Gasteiger partial charge in [0, 0.05) is 6.54 Å². The SMILES string of the molecule is O=C1COCN1Cc1ccccc1. The highest BCUT2D eigenvalue weighted by Gasteiger charge is 2.20. The molecule has 0 radical (unpaired) electrons. The second-order valence-corrected chi connectivity index (χ2v) is 3.05. The number of carbonyl (C=O) groups is 1. The third-order valence-electron chi connectivity index (χ3n) is 2.04. The number of carbonyl (C=O) groups excluding carboxylic acids is 1. The van der Waals surface area contributed by atoms with Gasteiger partial charge in [-0.1, -0.05) is 30.3 Å². The molecule has 3 nitrogen and oxygen atoms in total. The molecule has 2 rings (SSSR count). The van der Waals surface area contributed by atoms with E-state index in [0.717, 1.165) is 5.56 Å². The summed E-state index contributed by atoms with van der Waals surface area (Å²) in [6, 6.07) is 9.91. The van der Waals surface area contributed by atoms with Gasteiger partial charge in [-0.25, -0.2) is 0 Å². The molecule has 0 atom stereocenters. The lowest BCUT2D eigenvalue weighted by Crippen LogP contribution is -2.24. The van der Waals surface area contributed by atoms with Gasteiger partial charge in [-0.3, -0.25) is 4.79 Å². The summed E-state index contributed by atoms with van der Waals surface area (Å²) in [4.78, 5) is 12.9. The van der Waals surface area contributed by atoms with Crippen LogP contribution in [0, 0.1) is 0 Å². The summed E-state index contributed by atoms with van der Waals surface area (Å²) in [5, 5.41) is 0. The Labute approximate surface area is 76.9 Å². The molecular weight excluding hydrogens is 166 g/mol. The predicted molar refractivity (Wildman–Crippen MR) is 47.8 cm³/mol. The first-order chi connectivity index (χ1) is 6.36. The Balaban J connectivity index is 2.02. The number of rotatable bonds is 2. The van der Waals surface area contributed by atoms with Crippen molar-refractivity contribution >= 4 is 5.91 Å². The van der Waals surface area contributed by atoms with Crippen LogP contribution in [0.15, 0.2) is 30.3 Å². The molecule has 68 valence electrons. The van der Waals surface area contributed by atoms with E-state index in [2.05, 4.69) is 0 Å². The largest absolute Gasteiger partial charge is 0.351 e. The summed E-state index contributed by atoms with van der Waals surface area (Å²) >= 11 is 0. The first-order valence-electron chi connectivity index (χ1n) is 4.26. The fraction of sp³-hybridized carbons (Fsp3) is 0.300. The fourth-order valence-electron chi connectivity index (χ4n) is 1.34. The van der Waals surface area contributed by atoms with E-state index >= 15 is 0 Å².